The van der Waals surface area contributed by atoms with Crippen LogP contribution >= 0.6 is 0 Å². The highest BCUT2D eigenvalue weighted by molar-refractivity contribution is 6.34. The number of carbonyl (C=O) groups is 3. The third-order valence-corrected chi connectivity index (χ3v) is 5.50. The van der Waals surface area contributed by atoms with Crippen LogP contribution < -0.4 is 10.6 Å². The van der Waals surface area contributed by atoms with Crippen LogP contribution in [0.1, 0.15) is 32.9 Å². The molecule has 2 aliphatic rings. The van der Waals surface area contributed by atoms with Gasteiger partial charge in [-0.05, 0) is 43.7 Å². The van der Waals surface area contributed by atoms with Gasteiger partial charge in [-0.3, -0.25) is 19.2 Å². The van der Waals surface area contributed by atoms with Gasteiger partial charge in [-0.25, -0.2) is 9.45 Å². The lowest BCUT2D eigenvalue weighted by Crippen LogP contribution is -2.43. The van der Waals surface area contributed by atoms with Crippen molar-refractivity contribution in [1.82, 2.24) is 15.4 Å². The first kappa shape index (κ1) is 21.7. The van der Waals surface area contributed by atoms with Crippen LogP contribution in [0.15, 0.2) is 18.2 Å². The number of hydrogen-bond donors (Lipinski definition) is 3. The number of carbonyl (C=O) groups excluding carboxylic acids is 3. The van der Waals surface area contributed by atoms with E-state index >= 15 is 0 Å². The smallest absolute Gasteiger partial charge is 0.271 e. The molecule has 3 amide bonds. The number of halogens is 1. The van der Waals surface area contributed by atoms with E-state index in [1.54, 1.807) is 19.9 Å². The van der Waals surface area contributed by atoms with Crippen molar-refractivity contribution in [2.24, 2.45) is 0 Å². The Labute approximate surface area is 183 Å². The number of H-pyrrole nitrogens is 1. The Balaban J connectivity index is 1.56. The van der Waals surface area contributed by atoms with Gasteiger partial charge in [-0.15, -0.1) is 0 Å². The molecule has 1 fully saturated rings. The zero-order valence-electron chi connectivity index (χ0n) is 17.9. The number of anilines is 1. The minimum Gasteiger partial charge on any atom is -0.383 e. The molecule has 1 atom stereocenters. The summed E-state index contributed by atoms with van der Waals surface area (Å²) in [5, 5.41) is 6.58. The van der Waals surface area contributed by atoms with E-state index in [1.807, 2.05) is 0 Å². The summed E-state index contributed by atoms with van der Waals surface area (Å²) in [6.07, 6.45) is 1.59. The zero-order valence-corrected chi connectivity index (χ0v) is 17.9. The molecule has 0 unspecified atom stereocenters. The molecule has 0 saturated carbocycles. The summed E-state index contributed by atoms with van der Waals surface area (Å²) in [6, 6.07) is 3.27. The van der Waals surface area contributed by atoms with E-state index in [0.717, 1.165) is 0 Å². The van der Waals surface area contributed by atoms with Gasteiger partial charge in [0.15, 0.2) is 0 Å². The van der Waals surface area contributed by atoms with E-state index < -0.39 is 17.8 Å². The summed E-state index contributed by atoms with van der Waals surface area (Å²) in [5.41, 5.74) is 3.38. The maximum Gasteiger partial charge on any atom is 0.271 e. The summed E-state index contributed by atoms with van der Waals surface area (Å²) < 4.78 is 18.6. The van der Waals surface area contributed by atoms with Crippen LogP contribution in [0.3, 0.4) is 0 Å². The number of aromatic amines is 1. The number of nitrogens with one attached hydrogen (secondary N) is 3. The first-order valence-corrected chi connectivity index (χ1v) is 10.1. The molecule has 1 aromatic carbocycles. The van der Waals surface area contributed by atoms with Crippen molar-refractivity contribution in [3.8, 4) is 0 Å². The Bertz CT molecular complexity index is 1140. The molecule has 0 spiro atoms. The minimum absolute atomic E-state index is 0.0379. The molecule has 1 saturated heterocycles. The van der Waals surface area contributed by atoms with Gasteiger partial charge in [-0.1, -0.05) is 0 Å². The number of fused-ring (bicyclic) bond motifs is 1. The Morgan fingerprint density at radius 1 is 1.38 bits per heavy atom. The fourth-order valence-electron chi connectivity index (χ4n) is 3.86. The SMILES string of the molecule is COCCN1OC[C@H](NC(=O)c2c(C)[nH]c(/C=C3\C(=O)Nc4ccc(F)cc43)c2C)C1=O. The Kier molecular flexibility index (Phi) is 5.81. The molecule has 0 aliphatic carbocycles. The van der Waals surface area contributed by atoms with Crippen molar-refractivity contribution in [1.29, 1.82) is 0 Å². The molecular weight excluding hydrogens is 419 g/mol. The highest BCUT2D eigenvalue weighted by Gasteiger charge is 2.35. The molecule has 3 heterocycles. The van der Waals surface area contributed by atoms with Crippen LogP contribution in [0.2, 0.25) is 0 Å². The average Bonchev–Trinajstić information content (AvgIpc) is 3.35. The van der Waals surface area contributed by atoms with Crippen LogP contribution in [0, 0.1) is 19.7 Å². The van der Waals surface area contributed by atoms with E-state index in [-0.39, 0.29) is 25.0 Å². The second-order valence-electron chi connectivity index (χ2n) is 7.62. The third-order valence-electron chi connectivity index (χ3n) is 5.50. The van der Waals surface area contributed by atoms with Crippen LogP contribution in [0.5, 0.6) is 0 Å². The van der Waals surface area contributed by atoms with Crippen molar-refractivity contribution in [2.45, 2.75) is 19.9 Å². The van der Waals surface area contributed by atoms with Crippen molar-refractivity contribution >= 4 is 35.1 Å². The highest BCUT2D eigenvalue weighted by atomic mass is 19.1. The second-order valence-corrected chi connectivity index (χ2v) is 7.62. The monoisotopic (exact) mass is 442 g/mol. The lowest BCUT2D eigenvalue weighted by Gasteiger charge is -2.14. The summed E-state index contributed by atoms with van der Waals surface area (Å²) in [7, 11) is 1.52. The van der Waals surface area contributed by atoms with Crippen molar-refractivity contribution in [3.05, 3.63) is 52.1 Å². The van der Waals surface area contributed by atoms with Gasteiger partial charge in [0.1, 0.15) is 18.5 Å². The molecule has 32 heavy (non-hydrogen) atoms. The van der Waals surface area contributed by atoms with Gasteiger partial charge in [0.05, 0.1) is 24.3 Å². The number of aryl methyl sites for hydroxylation is 1. The molecule has 0 bridgehead atoms. The number of ether oxygens (including phenoxy) is 1. The lowest BCUT2D eigenvalue weighted by atomic mass is 10.0. The molecule has 1 aromatic heterocycles. The molecule has 2 aromatic rings. The fraction of sp³-hybridized carbons (Fsp3) is 0.318. The van der Waals surface area contributed by atoms with Gasteiger partial charge < -0.3 is 20.4 Å². The van der Waals surface area contributed by atoms with Gasteiger partial charge in [0, 0.05) is 29.7 Å². The standard InChI is InChI=1S/C22H23FN4O5/c1-11-17(9-15-14-8-13(23)4-5-16(14)25-20(15)28)24-12(2)19(11)21(29)26-18-10-32-27(22(18)30)6-7-31-3/h4-5,8-9,18,24H,6-7,10H2,1-3H3,(H,25,28)(H,26,29)/b15-9-/t18-/m0/s1. The molecule has 3 N–H and O–H groups in total. The number of nitrogens with zero attached hydrogens (tertiary/aromatic N) is 1. The highest BCUT2D eigenvalue weighted by Crippen LogP contribution is 2.34. The van der Waals surface area contributed by atoms with Crippen molar-refractivity contribution in [3.63, 3.8) is 0 Å². The number of amides is 3. The quantitative estimate of drug-likeness (QED) is 0.591. The molecule has 0 radical (unpaired) electrons. The van der Waals surface area contributed by atoms with Crippen LogP contribution in [0.25, 0.3) is 11.6 Å². The number of rotatable bonds is 6. The first-order valence-electron chi connectivity index (χ1n) is 10.1. The van der Waals surface area contributed by atoms with E-state index in [2.05, 4.69) is 15.6 Å². The van der Waals surface area contributed by atoms with Gasteiger partial charge >= 0.3 is 0 Å². The summed E-state index contributed by atoms with van der Waals surface area (Å²) in [6.45, 7) is 4.09. The molecule has 10 heteroatoms. The number of benzene rings is 1. The first-order chi connectivity index (χ1) is 15.3. The van der Waals surface area contributed by atoms with Crippen LogP contribution in [-0.4, -0.2) is 60.7 Å². The van der Waals surface area contributed by atoms with E-state index in [0.29, 0.717) is 45.9 Å². The minimum atomic E-state index is -0.801. The number of aromatic nitrogens is 1. The van der Waals surface area contributed by atoms with Crippen molar-refractivity contribution in [2.75, 3.05) is 32.2 Å². The topological polar surface area (TPSA) is 113 Å². The second kappa shape index (κ2) is 8.56. The van der Waals surface area contributed by atoms with E-state index in [1.165, 1.54) is 30.4 Å². The normalized spacial score (nSPS) is 18.9. The molecule has 4 rings (SSSR count). The van der Waals surface area contributed by atoms with Crippen molar-refractivity contribution < 1.29 is 28.3 Å². The maximum atomic E-state index is 13.7. The van der Waals surface area contributed by atoms with E-state index in [4.69, 9.17) is 9.57 Å². The molecular formula is C22H23FN4O5. The number of methoxy groups -OCH3 is 1. The Morgan fingerprint density at radius 3 is 2.91 bits per heavy atom. The van der Waals surface area contributed by atoms with E-state index in [9.17, 15) is 18.8 Å². The Morgan fingerprint density at radius 2 is 2.16 bits per heavy atom. The average molecular weight is 442 g/mol. The molecule has 168 valence electrons. The fourth-order valence-corrected chi connectivity index (χ4v) is 3.86. The predicted molar refractivity (Wildman–Crippen MR) is 114 cm³/mol. The number of hydroxylamine groups is 2. The largest absolute Gasteiger partial charge is 0.383 e. The predicted octanol–water partition coefficient (Wildman–Crippen LogP) is 1.78. The third kappa shape index (κ3) is 3.90. The van der Waals surface area contributed by atoms with Crippen LogP contribution in [-0.2, 0) is 19.2 Å². The summed E-state index contributed by atoms with van der Waals surface area (Å²) in [5.74, 6) is -1.58. The lowest BCUT2D eigenvalue weighted by molar-refractivity contribution is -0.164. The molecule has 2 aliphatic heterocycles. The van der Waals surface area contributed by atoms with Crippen LogP contribution in [0.4, 0.5) is 10.1 Å². The molecule has 9 nitrogen and oxygen atoms in total. The zero-order chi connectivity index (χ0) is 23.0. The maximum absolute atomic E-state index is 13.7. The number of hydrogen-bond acceptors (Lipinski definition) is 5. The summed E-state index contributed by atoms with van der Waals surface area (Å²) >= 11 is 0. The Hall–Kier alpha value is -3.50. The van der Waals surface area contributed by atoms with Gasteiger partial charge in [0.2, 0.25) is 0 Å². The van der Waals surface area contributed by atoms with Gasteiger partial charge in [0.25, 0.3) is 17.7 Å². The summed E-state index contributed by atoms with van der Waals surface area (Å²) in [4.78, 5) is 46.2. The van der Waals surface area contributed by atoms with Gasteiger partial charge in [-0.2, -0.15) is 0 Å².